The SMILES string of the molecule is CCC(CBr)NC(=O)C1CCS(=O)(=O)C1. The van der Waals surface area contributed by atoms with Crippen LogP contribution in [-0.4, -0.2) is 37.2 Å². The van der Waals surface area contributed by atoms with E-state index in [-0.39, 0.29) is 29.4 Å². The Labute approximate surface area is 98.9 Å². The van der Waals surface area contributed by atoms with E-state index in [9.17, 15) is 13.2 Å². The van der Waals surface area contributed by atoms with Gasteiger partial charge in [-0.25, -0.2) is 8.42 Å². The van der Waals surface area contributed by atoms with Gasteiger partial charge in [-0.05, 0) is 12.8 Å². The lowest BCUT2D eigenvalue weighted by Crippen LogP contribution is -2.39. The molecule has 88 valence electrons. The van der Waals surface area contributed by atoms with E-state index in [1.165, 1.54) is 0 Å². The van der Waals surface area contributed by atoms with Gasteiger partial charge in [0.2, 0.25) is 5.91 Å². The Balaban J connectivity index is 2.49. The summed E-state index contributed by atoms with van der Waals surface area (Å²) in [6, 6.07) is 0.0980. The van der Waals surface area contributed by atoms with Gasteiger partial charge >= 0.3 is 0 Å². The van der Waals surface area contributed by atoms with Gasteiger partial charge in [0.1, 0.15) is 0 Å². The minimum Gasteiger partial charge on any atom is -0.352 e. The van der Waals surface area contributed by atoms with E-state index >= 15 is 0 Å². The van der Waals surface area contributed by atoms with Crippen molar-refractivity contribution in [2.24, 2.45) is 5.92 Å². The Morgan fingerprint density at radius 1 is 1.60 bits per heavy atom. The number of hydrogen-bond donors (Lipinski definition) is 1. The van der Waals surface area contributed by atoms with E-state index in [0.717, 1.165) is 6.42 Å². The molecule has 1 aliphatic rings. The third kappa shape index (κ3) is 3.75. The number of alkyl halides is 1. The molecule has 2 unspecified atom stereocenters. The van der Waals surface area contributed by atoms with Crippen LogP contribution in [0.2, 0.25) is 0 Å². The van der Waals surface area contributed by atoms with E-state index in [0.29, 0.717) is 11.8 Å². The molecule has 0 saturated carbocycles. The average Bonchev–Trinajstić information content (AvgIpc) is 2.55. The molecule has 4 nitrogen and oxygen atoms in total. The second-order valence-corrected chi connectivity index (χ2v) is 6.74. The van der Waals surface area contributed by atoms with Gasteiger partial charge in [0.15, 0.2) is 9.84 Å². The van der Waals surface area contributed by atoms with Crippen molar-refractivity contribution in [2.45, 2.75) is 25.8 Å². The summed E-state index contributed by atoms with van der Waals surface area (Å²) >= 11 is 3.30. The summed E-state index contributed by atoms with van der Waals surface area (Å²) in [5.74, 6) is -0.307. The Morgan fingerprint density at radius 2 is 2.27 bits per heavy atom. The summed E-state index contributed by atoms with van der Waals surface area (Å²) in [6.07, 6.45) is 1.31. The number of rotatable bonds is 4. The minimum absolute atomic E-state index is 0.0115. The van der Waals surface area contributed by atoms with Gasteiger partial charge in [0, 0.05) is 11.4 Å². The highest BCUT2D eigenvalue weighted by Gasteiger charge is 2.33. The highest BCUT2D eigenvalue weighted by atomic mass is 79.9. The molecule has 2 atom stereocenters. The molecule has 1 N–H and O–H groups in total. The van der Waals surface area contributed by atoms with Crippen molar-refractivity contribution in [3.63, 3.8) is 0 Å². The van der Waals surface area contributed by atoms with Gasteiger partial charge in [-0.3, -0.25) is 4.79 Å². The number of carbonyl (C=O) groups is 1. The normalized spacial score (nSPS) is 26.1. The molecule has 1 heterocycles. The van der Waals surface area contributed by atoms with E-state index < -0.39 is 9.84 Å². The van der Waals surface area contributed by atoms with Crippen LogP contribution in [0.25, 0.3) is 0 Å². The van der Waals surface area contributed by atoms with Gasteiger partial charge in [-0.1, -0.05) is 22.9 Å². The summed E-state index contributed by atoms with van der Waals surface area (Å²) in [7, 11) is -2.96. The molecule has 1 rings (SSSR count). The zero-order valence-corrected chi connectivity index (χ0v) is 11.1. The fourth-order valence-electron chi connectivity index (χ4n) is 1.57. The van der Waals surface area contributed by atoms with Gasteiger partial charge in [0.25, 0.3) is 0 Å². The second-order valence-electron chi connectivity index (χ2n) is 3.87. The van der Waals surface area contributed by atoms with E-state index in [4.69, 9.17) is 0 Å². The maximum absolute atomic E-state index is 11.7. The molecule has 0 aromatic carbocycles. The Morgan fingerprint density at radius 3 is 2.67 bits per heavy atom. The van der Waals surface area contributed by atoms with Crippen LogP contribution in [-0.2, 0) is 14.6 Å². The van der Waals surface area contributed by atoms with Crippen molar-refractivity contribution in [3.8, 4) is 0 Å². The molecule has 1 amide bonds. The summed E-state index contributed by atoms with van der Waals surface area (Å²) in [6.45, 7) is 1.98. The van der Waals surface area contributed by atoms with Crippen LogP contribution in [0.4, 0.5) is 0 Å². The monoisotopic (exact) mass is 297 g/mol. The topological polar surface area (TPSA) is 63.2 Å². The molecule has 1 aliphatic heterocycles. The van der Waals surface area contributed by atoms with Crippen molar-refractivity contribution < 1.29 is 13.2 Å². The van der Waals surface area contributed by atoms with Crippen LogP contribution < -0.4 is 5.32 Å². The number of hydrogen-bond acceptors (Lipinski definition) is 3. The highest BCUT2D eigenvalue weighted by molar-refractivity contribution is 9.09. The fraction of sp³-hybridized carbons (Fsp3) is 0.889. The first kappa shape index (κ1) is 13.0. The molecular weight excluding hydrogens is 282 g/mol. The number of nitrogens with one attached hydrogen (secondary N) is 1. The summed E-state index contributed by atoms with van der Waals surface area (Å²) < 4.78 is 22.4. The zero-order valence-electron chi connectivity index (χ0n) is 8.70. The van der Waals surface area contributed by atoms with Crippen molar-refractivity contribution in [1.82, 2.24) is 5.32 Å². The first-order valence-corrected chi connectivity index (χ1v) is 7.99. The quantitative estimate of drug-likeness (QED) is 0.778. The van der Waals surface area contributed by atoms with Gasteiger partial charge in [0.05, 0.1) is 17.4 Å². The van der Waals surface area contributed by atoms with Crippen molar-refractivity contribution in [2.75, 3.05) is 16.8 Å². The van der Waals surface area contributed by atoms with E-state index in [2.05, 4.69) is 21.2 Å². The summed E-state index contributed by atoms with van der Waals surface area (Å²) in [4.78, 5) is 11.7. The largest absolute Gasteiger partial charge is 0.352 e. The number of halogens is 1. The molecule has 6 heteroatoms. The minimum atomic E-state index is -2.96. The first-order valence-electron chi connectivity index (χ1n) is 5.05. The van der Waals surface area contributed by atoms with E-state index in [1.807, 2.05) is 6.92 Å². The maximum atomic E-state index is 11.7. The first-order chi connectivity index (χ1) is 6.98. The average molecular weight is 298 g/mol. The number of amides is 1. The number of carbonyl (C=O) groups excluding carboxylic acids is 1. The lowest BCUT2D eigenvalue weighted by Gasteiger charge is -2.16. The molecule has 1 saturated heterocycles. The van der Waals surface area contributed by atoms with Crippen LogP contribution in [0, 0.1) is 5.92 Å². The van der Waals surface area contributed by atoms with Crippen LogP contribution in [0.15, 0.2) is 0 Å². The third-order valence-corrected chi connectivity index (χ3v) is 5.18. The molecule has 0 radical (unpaired) electrons. The second kappa shape index (κ2) is 5.30. The van der Waals surface area contributed by atoms with Gasteiger partial charge in [-0.15, -0.1) is 0 Å². The molecule has 0 aromatic rings. The Bertz CT molecular complexity index is 324. The summed E-state index contributed by atoms with van der Waals surface area (Å²) in [5.41, 5.74) is 0. The van der Waals surface area contributed by atoms with Crippen LogP contribution in [0.3, 0.4) is 0 Å². The van der Waals surface area contributed by atoms with Crippen LogP contribution in [0.5, 0.6) is 0 Å². The van der Waals surface area contributed by atoms with E-state index in [1.54, 1.807) is 0 Å². The highest BCUT2D eigenvalue weighted by Crippen LogP contribution is 2.18. The molecule has 0 bridgehead atoms. The van der Waals surface area contributed by atoms with Crippen LogP contribution in [0.1, 0.15) is 19.8 Å². The van der Waals surface area contributed by atoms with Crippen molar-refractivity contribution >= 4 is 31.7 Å². The Kier molecular flexibility index (Phi) is 4.58. The molecule has 0 aromatic heterocycles. The summed E-state index contributed by atoms with van der Waals surface area (Å²) in [5, 5.41) is 3.55. The van der Waals surface area contributed by atoms with Crippen molar-refractivity contribution in [1.29, 1.82) is 0 Å². The Hall–Kier alpha value is -0.100. The molecular formula is C9H16BrNO3S. The zero-order chi connectivity index (χ0) is 11.5. The molecule has 0 aliphatic carbocycles. The van der Waals surface area contributed by atoms with Crippen LogP contribution >= 0.6 is 15.9 Å². The molecule has 1 fully saturated rings. The van der Waals surface area contributed by atoms with Gasteiger partial charge in [-0.2, -0.15) is 0 Å². The van der Waals surface area contributed by atoms with Crippen molar-refractivity contribution in [3.05, 3.63) is 0 Å². The number of sulfone groups is 1. The predicted octanol–water partition coefficient (Wildman–Crippen LogP) is 0.711. The van der Waals surface area contributed by atoms with Gasteiger partial charge < -0.3 is 5.32 Å². The lowest BCUT2D eigenvalue weighted by molar-refractivity contribution is -0.124. The molecule has 15 heavy (non-hydrogen) atoms. The standard InChI is InChI=1S/C9H16BrNO3S/c1-2-8(5-10)11-9(12)7-3-4-15(13,14)6-7/h7-8H,2-6H2,1H3,(H,11,12). The maximum Gasteiger partial charge on any atom is 0.224 e. The molecule has 0 spiro atoms. The third-order valence-electron chi connectivity index (χ3n) is 2.63. The predicted molar refractivity (Wildman–Crippen MR) is 62.8 cm³/mol. The smallest absolute Gasteiger partial charge is 0.224 e. The fourth-order valence-corrected chi connectivity index (χ4v) is 3.93. The lowest BCUT2D eigenvalue weighted by atomic mass is 10.1.